The molecule has 0 aliphatic heterocycles. The maximum atomic E-state index is 12.2. The molecule has 2 aromatic carbocycles. The Labute approximate surface area is 179 Å². The van der Waals surface area contributed by atoms with Crippen LogP contribution in [0.2, 0.25) is 0 Å². The van der Waals surface area contributed by atoms with Crippen LogP contribution in [-0.2, 0) is 10.2 Å². The van der Waals surface area contributed by atoms with Crippen molar-refractivity contribution in [3.05, 3.63) is 60.0 Å². The smallest absolute Gasteiger partial charge is 0.323 e. The molecular formula is C23H24N4O4. The summed E-state index contributed by atoms with van der Waals surface area (Å²) in [6.07, 6.45) is 3.68. The number of amides is 2. The van der Waals surface area contributed by atoms with Crippen LogP contribution in [0.3, 0.4) is 0 Å². The summed E-state index contributed by atoms with van der Waals surface area (Å²) in [5.41, 5.74) is 2.00. The molecule has 1 aromatic heterocycles. The molecule has 1 saturated carbocycles. The van der Waals surface area contributed by atoms with E-state index in [0.29, 0.717) is 35.6 Å². The van der Waals surface area contributed by atoms with E-state index in [2.05, 4.69) is 20.8 Å². The zero-order valence-corrected chi connectivity index (χ0v) is 17.2. The summed E-state index contributed by atoms with van der Waals surface area (Å²) in [6.45, 7) is 1.98. The molecule has 0 radical (unpaired) electrons. The van der Waals surface area contributed by atoms with Gasteiger partial charge in [-0.1, -0.05) is 42.1 Å². The zero-order chi connectivity index (χ0) is 21.8. The normalized spacial score (nSPS) is 15.3. The quantitative estimate of drug-likeness (QED) is 0.536. The number of aromatic nitrogens is 2. The van der Waals surface area contributed by atoms with Gasteiger partial charge in [0.25, 0.3) is 0 Å². The molecule has 31 heavy (non-hydrogen) atoms. The van der Waals surface area contributed by atoms with Gasteiger partial charge in [-0.05, 0) is 56.2 Å². The van der Waals surface area contributed by atoms with E-state index in [1.807, 2.05) is 31.2 Å². The van der Waals surface area contributed by atoms with E-state index < -0.39 is 11.4 Å². The number of aliphatic carboxylic acids is 1. The average Bonchev–Trinajstić information content (AvgIpc) is 3.27. The molecule has 1 aliphatic rings. The lowest BCUT2D eigenvalue weighted by Gasteiger charge is -2.29. The summed E-state index contributed by atoms with van der Waals surface area (Å²) >= 11 is 0. The van der Waals surface area contributed by atoms with Crippen LogP contribution >= 0.6 is 0 Å². The molecule has 3 aromatic rings. The number of carbonyl (C=O) groups is 2. The first-order chi connectivity index (χ1) is 15.0. The van der Waals surface area contributed by atoms with E-state index in [9.17, 15) is 14.7 Å². The number of carboxylic acid groups (broad SMARTS) is 1. The van der Waals surface area contributed by atoms with Gasteiger partial charge in [0.15, 0.2) is 0 Å². The van der Waals surface area contributed by atoms with Crippen LogP contribution in [0.25, 0.3) is 11.4 Å². The molecule has 2 amide bonds. The fourth-order valence-corrected chi connectivity index (χ4v) is 3.84. The van der Waals surface area contributed by atoms with Gasteiger partial charge in [0.2, 0.25) is 11.7 Å². The number of nitrogens with zero attached hydrogens (tertiary/aromatic N) is 2. The van der Waals surface area contributed by atoms with E-state index in [1.54, 1.807) is 24.3 Å². The van der Waals surface area contributed by atoms with E-state index >= 15 is 0 Å². The lowest BCUT2D eigenvalue weighted by atomic mass is 9.74. The van der Waals surface area contributed by atoms with Crippen molar-refractivity contribution in [2.45, 2.75) is 44.4 Å². The zero-order valence-electron chi connectivity index (χ0n) is 17.2. The van der Waals surface area contributed by atoms with Crippen molar-refractivity contribution >= 4 is 23.4 Å². The van der Waals surface area contributed by atoms with Gasteiger partial charge < -0.3 is 20.3 Å². The third-order valence-corrected chi connectivity index (χ3v) is 5.66. The predicted molar refractivity (Wildman–Crippen MR) is 116 cm³/mol. The Hall–Kier alpha value is -3.68. The topological polar surface area (TPSA) is 117 Å². The van der Waals surface area contributed by atoms with Gasteiger partial charge in [0, 0.05) is 16.9 Å². The van der Waals surface area contributed by atoms with Crippen molar-refractivity contribution in [1.29, 1.82) is 0 Å². The predicted octanol–water partition coefficient (Wildman–Crippen LogP) is 4.98. The van der Waals surface area contributed by atoms with Crippen LogP contribution in [0.5, 0.6) is 0 Å². The minimum Gasteiger partial charge on any atom is -0.480 e. The molecule has 8 heteroatoms. The van der Waals surface area contributed by atoms with Crippen LogP contribution in [0.1, 0.15) is 43.6 Å². The first kappa shape index (κ1) is 20.6. The van der Waals surface area contributed by atoms with E-state index in [-0.39, 0.29) is 11.9 Å². The number of carboxylic acids is 1. The molecular weight excluding hydrogens is 396 g/mol. The minimum atomic E-state index is -1.10. The third kappa shape index (κ3) is 4.42. The van der Waals surface area contributed by atoms with Gasteiger partial charge in [0.05, 0.1) is 0 Å². The molecule has 0 atom stereocenters. The molecule has 1 heterocycles. The second-order valence-electron chi connectivity index (χ2n) is 7.89. The Kier molecular flexibility index (Phi) is 5.70. The number of rotatable bonds is 5. The van der Waals surface area contributed by atoms with Gasteiger partial charge in [-0.25, -0.2) is 4.79 Å². The highest BCUT2D eigenvalue weighted by atomic mass is 16.5. The van der Waals surface area contributed by atoms with Crippen molar-refractivity contribution in [3.63, 3.8) is 0 Å². The second kappa shape index (κ2) is 8.59. The van der Waals surface area contributed by atoms with Gasteiger partial charge >= 0.3 is 12.0 Å². The molecule has 3 N–H and O–H groups in total. The molecule has 0 unspecified atom stereocenters. The van der Waals surface area contributed by atoms with E-state index in [0.717, 1.165) is 24.8 Å². The molecule has 4 rings (SSSR count). The summed E-state index contributed by atoms with van der Waals surface area (Å²) in [5, 5.41) is 19.3. The number of carbonyl (C=O) groups excluding carboxylic acids is 1. The van der Waals surface area contributed by atoms with Gasteiger partial charge in [0.1, 0.15) is 5.41 Å². The van der Waals surface area contributed by atoms with E-state index in [1.165, 1.54) is 0 Å². The largest absolute Gasteiger partial charge is 0.480 e. The van der Waals surface area contributed by atoms with Crippen molar-refractivity contribution < 1.29 is 19.2 Å². The highest BCUT2D eigenvalue weighted by Crippen LogP contribution is 2.39. The maximum absolute atomic E-state index is 12.2. The Morgan fingerprint density at radius 2 is 1.52 bits per heavy atom. The molecule has 160 valence electrons. The standard InChI is InChI=1S/C23H24N4O4/c1-15-5-9-17(10-6-15)24-22(30)25-18-11-7-16(8-12-18)19-26-20(31-27-19)23(21(28)29)13-3-2-4-14-23/h5-12H,2-4,13-14H2,1H3,(H,28,29)(H2,24,25,30). The SMILES string of the molecule is Cc1ccc(NC(=O)Nc2ccc(-c3noc(C4(C(=O)O)CCCCC4)n3)cc2)cc1. The van der Waals surface area contributed by atoms with E-state index in [4.69, 9.17) is 4.52 Å². The maximum Gasteiger partial charge on any atom is 0.323 e. The lowest BCUT2D eigenvalue weighted by Crippen LogP contribution is -2.38. The fourth-order valence-electron chi connectivity index (χ4n) is 3.84. The summed E-state index contributed by atoms with van der Waals surface area (Å²) in [7, 11) is 0. The van der Waals surface area contributed by atoms with Crippen molar-refractivity contribution in [2.24, 2.45) is 0 Å². The number of hydrogen-bond donors (Lipinski definition) is 3. The first-order valence-corrected chi connectivity index (χ1v) is 10.3. The Balaban J connectivity index is 1.44. The average molecular weight is 420 g/mol. The van der Waals surface area contributed by atoms with Crippen LogP contribution in [0.15, 0.2) is 53.1 Å². The van der Waals surface area contributed by atoms with Crippen LogP contribution in [-0.4, -0.2) is 27.2 Å². The summed E-state index contributed by atoms with van der Waals surface area (Å²) < 4.78 is 5.37. The Morgan fingerprint density at radius 1 is 0.935 bits per heavy atom. The number of hydrogen-bond acceptors (Lipinski definition) is 5. The summed E-state index contributed by atoms with van der Waals surface area (Å²) in [6, 6.07) is 14.1. The molecule has 8 nitrogen and oxygen atoms in total. The third-order valence-electron chi connectivity index (χ3n) is 5.66. The van der Waals surface area contributed by atoms with Gasteiger partial charge in [-0.2, -0.15) is 4.98 Å². The molecule has 0 spiro atoms. The Bertz CT molecular complexity index is 1070. The fraction of sp³-hybridized carbons (Fsp3) is 0.304. The molecule has 0 saturated heterocycles. The number of benzene rings is 2. The van der Waals surface area contributed by atoms with Crippen LogP contribution in [0.4, 0.5) is 16.2 Å². The van der Waals surface area contributed by atoms with Gasteiger partial charge in [-0.3, -0.25) is 4.79 Å². The second-order valence-corrected chi connectivity index (χ2v) is 7.89. The number of nitrogens with one attached hydrogen (secondary N) is 2. The van der Waals surface area contributed by atoms with Crippen molar-refractivity contribution in [1.82, 2.24) is 10.1 Å². The molecule has 0 bridgehead atoms. The van der Waals surface area contributed by atoms with Crippen molar-refractivity contribution in [2.75, 3.05) is 10.6 Å². The highest BCUT2D eigenvalue weighted by molar-refractivity contribution is 5.99. The lowest BCUT2D eigenvalue weighted by molar-refractivity contribution is -0.146. The molecule has 1 aliphatic carbocycles. The number of aryl methyl sites for hydroxylation is 1. The highest BCUT2D eigenvalue weighted by Gasteiger charge is 2.46. The number of anilines is 2. The van der Waals surface area contributed by atoms with Crippen LogP contribution < -0.4 is 10.6 Å². The molecule has 1 fully saturated rings. The first-order valence-electron chi connectivity index (χ1n) is 10.3. The summed E-state index contributed by atoms with van der Waals surface area (Å²) in [4.78, 5) is 28.5. The van der Waals surface area contributed by atoms with Crippen LogP contribution in [0, 0.1) is 6.92 Å². The van der Waals surface area contributed by atoms with Gasteiger partial charge in [-0.15, -0.1) is 0 Å². The minimum absolute atomic E-state index is 0.161. The Morgan fingerprint density at radius 3 is 2.10 bits per heavy atom. The van der Waals surface area contributed by atoms with Crippen molar-refractivity contribution in [3.8, 4) is 11.4 Å². The summed E-state index contributed by atoms with van der Waals surface area (Å²) in [5.74, 6) is -0.423. The monoisotopic (exact) mass is 420 g/mol. The number of urea groups is 1.